The lowest BCUT2D eigenvalue weighted by molar-refractivity contribution is 0.186. The summed E-state index contributed by atoms with van der Waals surface area (Å²) < 4.78 is 0. The SMILES string of the molecule is CC(C)(C)N=NNOc1ccccc1. The molecule has 0 heterocycles. The molecule has 0 bridgehead atoms. The maximum atomic E-state index is 5.09. The summed E-state index contributed by atoms with van der Waals surface area (Å²) in [7, 11) is 0. The molecule has 76 valence electrons. The van der Waals surface area contributed by atoms with Gasteiger partial charge in [0.05, 0.1) is 5.54 Å². The third-order valence-electron chi connectivity index (χ3n) is 1.30. The van der Waals surface area contributed by atoms with Gasteiger partial charge < -0.3 is 4.84 Å². The quantitative estimate of drug-likeness (QED) is 0.592. The summed E-state index contributed by atoms with van der Waals surface area (Å²) in [6.07, 6.45) is 0. The number of nitrogens with zero attached hydrogens (tertiary/aromatic N) is 2. The lowest BCUT2D eigenvalue weighted by Crippen LogP contribution is -2.14. The largest absolute Gasteiger partial charge is 0.364 e. The standard InChI is InChI=1S/C10H15N3O/c1-10(2,3)11-12-13-14-9-7-5-4-6-8-9/h4-8H,1-3H3,(H,11,13). The van der Waals surface area contributed by atoms with Crippen LogP contribution in [0.15, 0.2) is 40.7 Å². The third-order valence-corrected chi connectivity index (χ3v) is 1.30. The third kappa shape index (κ3) is 4.45. The molecule has 0 spiro atoms. The van der Waals surface area contributed by atoms with Crippen molar-refractivity contribution in [2.24, 2.45) is 10.3 Å². The molecule has 0 amide bonds. The second kappa shape index (κ2) is 4.60. The zero-order valence-corrected chi connectivity index (χ0v) is 8.69. The smallest absolute Gasteiger partial charge is 0.157 e. The number of rotatable bonds is 3. The van der Waals surface area contributed by atoms with Gasteiger partial charge in [0.2, 0.25) is 0 Å². The average Bonchev–Trinajstić information content (AvgIpc) is 2.13. The lowest BCUT2D eigenvalue weighted by atomic mass is 10.1. The van der Waals surface area contributed by atoms with Gasteiger partial charge in [-0.15, -0.1) is 5.59 Å². The van der Waals surface area contributed by atoms with Crippen LogP contribution in [0, 0.1) is 0 Å². The fourth-order valence-corrected chi connectivity index (χ4v) is 0.732. The van der Waals surface area contributed by atoms with Crippen LogP contribution >= 0.6 is 0 Å². The van der Waals surface area contributed by atoms with Gasteiger partial charge >= 0.3 is 0 Å². The Labute approximate surface area is 83.9 Å². The van der Waals surface area contributed by atoms with Crippen LogP contribution < -0.4 is 10.4 Å². The zero-order chi connectivity index (χ0) is 10.4. The predicted molar refractivity (Wildman–Crippen MR) is 54.8 cm³/mol. The van der Waals surface area contributed by atoms with Crippen LogP contribution in [0.3, 0.4) is 0 Å². The first-order valence-corrected chi connectivity index (χ1v) is 4.47. The van der Waals surface area contributed by atoms with E-state index in [-0.39, 0.29) is 5.54 Å². The normalized spacial score (nSPS) is 11.6. The minimum absolute atomic E-state index is 0.187. The molecule has 0 fully saturated rings. The molecule has 0 saturated heterocycles. The molecule has 0 aromatic heterocycles. The Balaban J connectivity index is 2.33. The second-order valence-corrected chi connectivity index (χ2v) is 3.88. The highest BCUT2D eigenvalue weighted by Crippen LogP contribution is 2.08. The highest BCUT2D eigenvalue weighted by Gasteiger charge is 2.05. The van der Waals surface area contributed by atoms with Crippen molar-refractivity contribution in [1.82, 2.24) is 5.59 Å². The molecular formula is C10H15N3O. The molecule has 4 heteroatoms. The van der Waals surface area contributed by atoms with Gasteiger partial charge in [0.25, 0.3) is 0 Å². The van der Waals surface area contributed by atoms with E-state index in [9.17, 15) is 0 Å². The summed E-state index contributed by atoms with van der Waals surface area (Å²) in [5.41, 5.74) is 2.23. The van der Waals surface area contributed by atoms with Gasteiger partial charge in [0.1, 0.15) is 0 Å². The van der Waals surface area contributed by atoms with E-state index >= 15 is 0 Å². The van der Waals surface area contributed by atoms with Crippen molar-refractivity contribution >= 4 is 0 Å². The van der Waals surface area contributed by atoms with E-state index in [0.29, 0.717) is 5.75 Å². The first kappa shape index (κ1) is 10.5. The highest BCUT2D eigenvalue weighted by molar-refractivity contribution is 5.20. The summed E-state index contributed by atoms with van der Waals surface area (Å²) in [6, 6.07) is 9.36. The van der Waals surface area contributed by atoms with E-state index in [1.165, 1.54) is 0 Å². The molecular weight excluding hydrogens is 178 g/mol. The number of benzene rings is 1. The second-order valence-electron chi connectivity index (χ2n) is 3.88. The summed E-state index contributed by atoms with van der Waals surface area (Å²) in [6.45, 7) is 5.88. The van der Waals surface area contributed by atoms with Gasteiger partial charge in [-0.25, -0.2) is 0 Å². The van der Waals surface area contributed by atoms with Crippen LogP contribution in [-0.4, -0.2) is 5.54 Å². The lowest BCUT2D eigenvalue weighted by Gasteiger charge is -2.09. The molecule has 0 aliphatic heterocycles. The Morgan fingerprint density at radius 2 is 1.79 bits per heavy atom. The molecule has 0 atom stereocenters. The van der Waals surface area contributed by atoms with Gasteiger partial charge in [0.15, 0.2) is 5.75 Å². The predicted octanol–water partition coefficient (Wildman–Crippen LogP) is 2.74. The molecule has 4 nitrogen and oxygen atoms in total. The van der Waals surface area contributed by atoms with Crippen LogP contribution in [0.1, 0.15) is 20.8 Å². The molecule has 1 N–H and O–H groups in total. The van der Waals surface area contributed by atoms with Crippen molar-refractivity contribution in [3.8, 4) is 5.75 Å². The van der Waals surface area contributed by atoms with Gasteiger partial charge in [-0.1, -0.05) is 18.2 Å². The summed E-state index contributed by atoms with van der Waals surface area (Å²) >= 11 is 0. The van der Waals surface area contributed by atoms with Crippen molar-refractivity contribution in [3.05, 3.63) is 30.3 Å². The van der Waals surface area contributed by atoms with Crippen LogP contribution in [0.4, 0.5) is 0 Å². The maximum absolute atomic E-state index is 5.09. The van der Waals surface area contributed by atoms with E-state index in [0.717, 1.165) is 0 Å². The molecule has 14 heavy (non-hydrogen) atoms. The number of hydrogen-bond acceptors (Lipinski definition) is 3. The number of nitrogens with one attached hydrogen (secondary N) is 1. The van der Waals surface area contributed by atoms with Crippen LogP contribution in [0.25, 0.3) is 0 Å². The van der Waals surface area contributed by atoms with Crippen molar-refractivity contribution in [3.63, 3.8) is 0 Å². The fraction of sp³-hybridized carbons (Fsp3) is 0.400. The van der Waals surface area contributed by atoms with Gasteiger partial charge in [-0.05, 0) is 38.1 Å². The highest BCUT2D eigenvalue weighted by atomic mass is 16.7. The van der Waals surface area contributed by atoms with E-state index in [1.807, 2.05) is 51.1 Å². The van der Waals surface area contributed by atoms with Gasteiger partial charge in [0, 0.05) is 0 Å². The Hall–Kier alpha value is -1.58. The van der Waals surface area contributed by atoms with Crippen LogP contribution in [0.5, 0.6) is 5.75 Å². The summed E-state index contributed by atoms with van der Waals surface area (Å²) in [4.78, 5) is 5.09. The Morgan fingerprint density at radius 3 is 2.36 bits per heavy atom. The molecule has 0 unspecified atom stereocenters. The van der Waals surface area contributed by atoms with Gasteiger partial charge in [-0.2, -0.15) is 5.11 Å². The van der Waals surface area contributed by atoms with Crippen molar-refractivity contribution < 1.29 is 4.84 Å². The Bertz CT molecular complexity index is 290. The Morgan fingerprint density at radius 1 is 1.14 bits per heavy atom. The van der Waals surface area contributed by atoms with Crippen LogP contribution in [-0.2, 0) is 0 Å². The first-order valence-electron chi connectivity index (χ1n) is 4.47. The minimum Gasteiger partial charge on any atom is -0.364 e. The maximum Gasteiger partial charge on any atom is 0.157 e. The summed E-state index contributed by atoms with van der Waals surface area (Å²) in [5.74, 6) is 0.709. The monoisotopic (exact) mass is 193 g/mol. The van der Waals surface area contributed by atoms with E-state index in [4.69, 9.17) is 4.84 Å². The van der Waals surface area contributed by atoms with E-state index in [2.05, 4.69) is 15.9 Å². The van der Waals surface area contributed by atoms with Gasteiger partial charge in [-0.3, -0.25) is 0 Å². The van der Waals surface area contributed by atoms with Crippen molar-refractivity contribution in [2.45, 2.75) is 26.3 Å². The first-order chi connectivity index (χ1) is 6.58. The number of para-hydroxylation sites is 1. The van der Waals surface area contributed by atoms with Crippen LogP contribution in [0.2, 0.25) is 0 Å². The topological polar surface area (TPSA) is 46.0 Å². The van der Waals surface area contributed by atoms with E-state index < -0.39 is 0 Å². The number of hydrogen-bond donors (Lipinski definition) is 1. The fourth-order valence-electron chi connectivity index (χ4n) is 0.732. The minimum atomic E-state index is -0.187. The molecule has 0 radical (unpaired) electrons. The molecule has 0 saturated carbocycles. The summed E-state index contributed by atoms with van der Waals surface area (Å²) in [5, 5.41) is 7.65. The zero-order valence-electron chi connectivity index (χ0n) is 8.69. The Kier molecular flexibility index (Phi) is 3.45. The molecule has 1 rings (SSSR count). The van der Waals surface area contributed by atoms with E-state index in [1.54, 1.807) is 0 Å². The molecule has 1 aromatic carbocycles. The molecule has 0 aliphatic carbocycles. The molecule has 1 aromatic rings. The van der Waals surface area contributed by atoms with Crippen molar-refractivity contribution in [2.75, 3.05) is 0 Å². The van der Waals surface area contributed by atoms with Crippen molar-refractivity contribution in [1.29, 1.82) is 0 Å². The average molecular weight is 193 g/mol. The molecule has 0 aliphatic rings.